The Labute approximate surface area is 274 Å². The Morgan fingerprint density at radius 1 is 1.00 bits per heavy atom. The minimum atomic E-state index is -4.79. The molecule has 0 saturated heterocycles. The van der Waals surface area contributed by atoms with Crippen molar-refractivity contribution >= 4 is 34.8 Å². The van der Waals surface area contributed by atoms with Crippen molar-refractivity contribution in [3.63, 3.8) is 0 Å². The van der Waals surface area contributed by atoms with Gasteiger partial charge in [-0.2, -0.15) is 18.3 Å². The van der Waals surface area contributed by atoms with Gasteiger partial charge in [0.25, 0.3) is 0 Å². The first-order chi connectivity index (χ1) is 22.7. The van der Waals surface area contributed by atoms with Crippen LogP contribution in [0.15, 0.2) is 83.2 Å². The molecule has 4 rings (SSSR count). The number of esters is 1. The molecule has 0 saturated carbocycles. The number of amidine groups is 1. The van der Waals surface area contributed by atoms with Gasteiger partial charge in [-0.05, 0) is 73.5 Å². The number of aryl methyl sites for hydroxylation is 2. The predicted molar refractivity (Wildman–Crippen MR) is 167 cm³/mol. The molecule has 17 heteroatoms. The average molecular weight is 695 g/mol. The van der Waals surface area contributed by atoms with Gasteiger partial charge in [-0.3, -0.25) is 5.43 Å². The van der Waals surface area contributed by atoms with Crippen molar-refractivity contribution in [1.29, 1.82) is 0 Å². The number of alkyl halides is 6. The number of carbonyl (C=O) groups excluding carboxylic acids is 1. The maximum atomic E-state index is 12.4. The van der Waals surface area contributed by atoms with Gasteiger partial charge < -0.3 is 14.2 Å². The molecule has 48 heavy (non-hydrogen) atoms. The van der Waals surface area contributed by atoms with Crippen LogP contribution in [0.25, 0.3) is 17.1 Å². The number of halogens is 6. The van der Waals surface area contributed by atoms with Gasteiger partial charge in [-0.15, -0.1) is 18.3 Å². The van der Waals surface area contributed by atoms with E-state index in [1.54, 1.807) is 24.3 Å². The topological polar surface area (TPSA) is 112 Å². The molecule has 1 atom stereocenters. The van der Waals surface area contributed by atoms with E-state index in [0.29, 0.717) is 28.3 Å². The number of hydrogen-bond donors (Lipinski definition) is 1. The zero-order valence-corrected chi connectivity index (χ0v) is 26.4. The quantitative estimate of drug-likeness (QED) is 0.0436. The van der Waals surface area contributed by atoms with Crippen LogP contribution in [0.1, 0.15) is 23.6 Å². The fraction of sp³-hybridized carbons (Fsp3) is 0.258. The van der Waals surface area contributed by atoms with Crippen molar-refractivity contribution < 1.29 is 45.3 Å². The second-order valence-corrected chi connectivity index (χ2v) is 10.9. The van der Waals surface area contributed by atoms with Gasteiger partial charge in [0.15, 0.2) is 17.1 Å². The number of thioether (sulfide) groups is 1. The third kappa shape index (κ3) is 11.1. The summed E-state index contributed by atoms with van der Waals surface area (Å²) >= 11 is 0.970. The van der Waals surface area contributed by atoms with Crippen molar-refractivity contribution in [1.82, 2.24) is 20.2 Å². The van der Waals surface area contributed by atoms with Gasteiger partial charge in [0, 0.05) is 5.56 Å². The maximum Gasteiger partial charge on any atom is 0.573 e. The third-order valence-corrected chi connectivity index (χ3v) is 6.94. The number of nitrogens with zero attached hydrogens (tertiary/aromatic N) is 5. The van der Waals surface area contributed by atoms with Crippen LogP contribution in [-0.4, -0.2) is 63.3 Å². The van der Waals surface area contributed by atoms with Gasteiger partial charge in [0.05, 0.1) is 17.6 Å². The molecule has 0 fully saturated rings. The van der Waals surface area contributed by atoms with E-state index in [1.165, 1.54) is 48.4 Å². The maximum absolute atomic E-state index is 12.4. The second kappa shape index (κ2) is 15.8. The van der Waals surface area contributed by atoms with E-state index in [1.807, 2.05) is 32.0 Å². The number of para-hydroxylation sites is 1. The number of aliphatic imine (C=N–C) groups is 1. The Morgan fingerprint density at radius 2 is 1.67 bits per heavy atom. The van der Waals surface area contributed by atoms with E-state index < -0.39 is 31.2 Å². The van der Waals surface area contributed by atoms with Crippen LogP contribution in [0.3, 0.4) is 0 Å². The molecule has 1 N–H and O–H groups in total. The normalized spacial score (nSPS) is 13.1. The lowest BCUT2D eigenvalue weighted by molar-refractivity contribution is -0.274. The Kier molecular flexibility index (Phi) is 11.8. The zero-order chi connectivity index (χ0) is 34.9. The molecule has 0 amide bonds. The Hall–Kier alpha value is -4.90. The summed E-state index contributed by atoms with van der Waals surface area (Å²) in [5.41, 5.74) is 7.07. The van der Waals surface area contributed by atoms with E-state index in [9.17, 15) is 31.1 Å². The molecule has 0 aliphatic carbocycles. The van der Waals surface area contributed by atoms with E-state index >= 15 is 0 Å². The minimum Gasteiger partial charge on any atom is -0.452 e. The summed E-state index contributed by atoms with van der Waals surface area (Å²) in [6.07, 6.45) is -7.84. The number of aromatic nitrogens is 3. The number of carbonyl (C=O) groups is 1. The number of hydrazone groups is 1. The van der Waals surface area contributed by atoms with Crippen LogP contribution in [0.4, 0.5) is 32.0 Å². The molecular weight excluding hydrogens is 666 g/mol. The summed E-state index contributed by atoms with van der Waals surface area (Å²) in [5.74, 6) is -1.22. The summed E-state index contributed by atoms with van der Waals surface area (Å²) in [5, 5.41) is 8.86. The molecule has 3 aromatic carbocycles. The number of rotatable bonds is 11. The molecule has 0 bridgehead atoms. The molecule has 0 aliphatic heterocycles. The number of nitrogens with one attached hydrogen (secondary N) is 1. The lowest BCUT2D eigenvalue weighted by Crippen LogP contribution is -2.29. The van der Waals surface area contributed by atoms with Gasteiger partial charge >= 0.3 is 18.5 Å². The summed E-state index contributed by atoms with van der Waals surface area (Å²) in [4.78, 5) is 21.0. The van der Waals surface area contributed by atoms with Crippen molar-refractivity contribution in [2.45, 2.75) is 39.4 Å². The molecule has 0 radical (unpaired) electrons. The van der Waals surface area contributed by atoms with Crippen LogP contribution < -0.4 is 10.2 Å². The molecule has 1 heterocycles. The highest BCUT2D eigenvalue weighted by molar-refractivity contribution is 8.13. The van der Waals surface area contributed by atoms with Gasteiger partial charge in [0.1, 0.15) is 24.6 Å². The van der Waals surface area contributed by atoms with Gasteiger partial charge in [-0.1, -0.05) is 42.5 Å². The van der Waals surface area contributed by atoms with E-state index in [2.05, 4.69) is 35.1 Å². The number of hydrogen-bond acceptors (Lipinski definition) is 9. The molecule has 4 aromatic rings. The SMILES string of the molecule is Cc1cccc(C)c1N=C(N/N=C\c1ccc(-c2ncn(-c3ccc(OC(F)(F)F)cc3)n2)cc1)SCOC(=O)C(C)OCC(F)(F)F. The van der Waals surface area contributed by atoms with Crippen molar-refractivity contribution in [2.24, 2.45) is 10.1 Å². The molecule has 0 spiro atoms. The van der Waals surface area contributed by atoms with Crippen LogP contribution in [0.5, 0.6) is 5.75 Å². The number of ether oxygens (including phenoxy) is 3. The third-order valence-electron chi connectivity index (χ3n) is 6.25. The fourth-order valence-electron chi connectivity index (χ4n) is 3.92. The standard InChI is InChI=1S/C31H28F6N6O4S/c1-19-5-4-6-20(2)26(19)40-29(48-18-46-28(44)21(3)45-16-30(32,33)34)41-39-15-22-7-9-23(10-8-22)27-38-17-43(42-27)24-11-13-25(14-12-24)47-31(35,36)37/h4-15,17,21H,16,18H2,1-3H3,(H,40,41)/b39-15-. The summed E-state index contributed by atoms with van der Waals surface area (Å²) in [6, 6.07) is 17.8. The van der Waals surface area contributed by atoms with Crippen LogP contribution >= 0.6 is 11.8 Å². The first-order valence-corrected chi connectivity index (χ1v) is 15.0. The van der Waals surface area contributed by atoms with Crippen LogP contribution in [0.2, 0.25) is 0 Å². The molecule has 1 unspecified atom stereocenters. The molecule has 254 valence electrons. The predicted octanol–water partition coefficient (Wildman–Crippen LogP) is 7.26. The van der Waals surface area contributed by atoms with Crippen LogP contribution in [-0.2, 0) is 14.3 Å². The van der Waals surface area contributed by atoms with Gasteiger partial charge in [-0.25, -0.2) is 19.5 Å². The Bertz CT molecular complexity index is 1720. The first-order valence-electron chi connectivity index (χ1n) is 14.0. The average Bonchev–Trinajstić information content (AvgIpc) is 3.51. The minimum absolute atomic E-state index is 0.254. The summed E-state index contributed by atoms with van der Waals surface area (Å²) < 4.78 is 89.4. The highest BCUT2D eigenvalue weighted by atomic mass is 32.2. The first kappa shape index (κ1) is 35.9. The fourth-order valence-corrected chi connectivity index (χ4v) is 4.48. The largest absolute Gasteiger partial charge is 0.573 e. The lowest BCUT2D eigenvalue weighted by Gasteiger charge is -2.14. The smallest absolute Gasteiger partial charge is 0.452 e. The molecular formula is C31H28F6N6O4S. The molecule has 0 aliphatic rings. The highest BCUT2D eigenvalue weighted by Crippen LogP contribution is 2.26. The van der Waals surface area contributed by atoms with Crippen molar-refractivity contribution in [3.05, 3.63) is 89.7 Å². The van der Waals surface area contributed by atoms with E-state index in [-0.39, 0.29) is 16.9 Å². The van der Waals surface area contributed by atoms with E-state index in [0.717, 1.165) is 22.9 Å². The zero-order valence-electron chi connectivity index (χ0n) is 25.5. The van der Waals surface area contributed by atoms with Crippen molar-refractivity contribution in [3.8, 4) is 22.8 Å². The van der Waals surface area contributed by atoms with Crippen LogP contribution in [0, 0.1) is 13.8 Å². The Morgan fingerprint density at radius 3 is 2.29 bits per heavy atom. The molecule has 1 aromatic heterocycles. The highest BCUT2D eigenvalue weighted by Gasteiger charge is 2.31. The Balaban J connectivity index is 1.39. The second-order valence-electron chi connectivity index (χ2n) is 10.00. The summed E-state index contributed by atoms with van der Waals surface area (Å²) in [6.45, 7) is 3.34. The number of benzene rings is 3. The summed E-state index contributed by atoms with van der Waals surface area (Å²) in [7, 11) is 0. The monoisotopic (exact) mass is 694 g/mol. The molecule has 10 nitrogen and oxygen atoms in total. The lowest BCUT2D eigenvalue weighted by atomic mass is 10.1. The van der Waals surface area contributed by atoms with Gasteiger partial charge in [0.2, 0.25) is 0 Å². The van der Waals surface area contributed by atoms with E-state index in [4.69, 9.17) is 4.74 Å². The van der Waals surface area contributed by atoms with Crippen molar-refractivity contribution in [2.75, 3.05) is 12.5 Å².